The number of halogens is 1. The van der Waals surface area contributed by atoms with Crippen molar-refractivity contribution in [1.82, 2.24) is 9.21 Å². The monoisotopic (exact) mass is 447 g/mol. The third-order valence-electron chi connectivity index (χ3n) is 5.86. The lowest BCUT2D eigenvalue weighted by molar-refractivity contribution is 0.0743. The number of ether oxygens (including phenoxy) is 1. The second-order valence-corrected chi connectivity index (χ2v) is 9.67. The Balaban J connectivity index is 1.52. The maximum absolute atomic E-state index is 13.2. The van der Waals surface area contributed by atoms with Crippen molar-refractivity contribution in [3.05, 3.63) is 53.8 Å². The van der Waals surface area contributed by atoms with Crippen molar-refractivity contribution in [2.75, 3.05) is 51.3 Å². The molecule has 2 saturated heterocycles. The van der Waals surface area contributed by atoms with Gasteiger partial charge in [0, 0.05) is 45.0 Å². The van der Waals surface area contributed by atoms with E-state index in [4.69, 9.17) is 4.74 Å². The van der Waals surface area contributed by atoms with E-state index in [0.29, 0.717) is 45.0 Å². The van der Waals surface area contributed by atoms with Gasteiger partial charge in [0.15, 0.2) is 0 Å². The molecule has 166 valence electrons. The number of rotatable bonds is 5. The van der Waals surface area contributed by atoms with Crippen LogP contribution in [0.4, 0.5) is 10.1 Å². The number of nitrogens with zero attached hydrogens (tertiary/aromatic N) is 3. The van der Waals surface area contributed by atoms with Gasteiger partial charge in [-0.2, -0.15) is 4.31 Å². The Labute approximate surface area is 182 Å². The molecule has 2 aromatic rings. The second kappa shape index (κ2) is 8.84. The molecule has 7 nitrogen and oxygen atoms in total. The first-order chi connectivity index (χ1) is 14.9. The molecule has 2 fully saturated rings. The quantitative estimate of drug-likeness (QED) is 0.705. The van der Waals surface area contributed by atoms with Gasteiger partial charge in [0.2, 0.25) is 10.0 Å². The predicted molar refractivity (Wildman–Crippen MR) is 116 cm³/mol. The number of methoxy groups -OCH3 is 1. The zero-order chi connectivity index (χ0) is 22.0. The lowest BCUT2D eigenvalue weighted by Gasteiger charge is -2.36. The van der Waals surface area contributed by atoms with Crippen molar-refractivity contribution >= 4 is 21.6 Å². The number of anilines is 1. The summed E-state index contributed by atoms with van der Waals surface area (Å²) in [6.07, 6.45) is 1.69. The van der Waals surface area contributed by atoms with Gasteiger partial charge in [0.25, 0.3) is 5.91 Å². The molecule has 0 aliphatic carbocycles. The minimum Gasteiger partial charge on any atom is -0.496 e. The molecule has 0 N–H and O–H groups in total. The maximum Gasteiger partial charge on any atom is 0.257 e. The van der Waals surface area contributed by atoms with Gasteiger partial charge in [-0.05, 0) is 55.3 Å². The van der Waals surface area contributed by atoms with E-state index in [0.717, 1.165) is 18.5 Å². The zero-order valence-electron chi connectivity index (χ0n) is 17.5. The number of hydrogen-bond donors (Lipinski definition) is 0. The van der Waals surface area contributed by atoms with E-state index in [1.807, 2.05) is 0 Å². The second-order valence-electron chi connectivity index (χ2n) is 7.73. The average Bonchev–Trinajstić information content (AvgIpc) is 3.35. The molecule has 0 aromatic heterocycles. The van der Waals surface area contributed by atoms with E-state index in [9.17, 15) is 17.6 Å². The van der Waals surface area contributed by atoms with Crippen LogP contribution in [0.5, 0.6) is 5.75 Å². The van der Waals surface area contributed by atoms with Crippen LogP contribution in [-0.2, 0) is 10.0 Å². The molecule has 0 atom stereocenters. The zero-order valence-corrected chi connectivity index (χ0v) is 18.3. The third-order valence-corrected chi connectivity index (χ3v) is 7.76. The highest BCUT2D eigenvalue weighted by molar-refractivity contribution is 7.89. The third kappa shape index (κ3) is 4.38. The van der Waals surface area contributed by atoms with Crippen LogP contribution in [0.3, 0.4) is 0 Å². The smallest absolute Gasteiger partial charge is 0.257 e. The van der Waals surface area contributed by atoms with Crippen LogP contribution >= 0.6 is 0 Å². The Kier molecular flexibility index (Phi) is 6.15. The number of sulfonamides is 1. The highest BCUT2D eigenvalue weighted by atomic mass is 32.2. The molecule has 2 heterocycles. The van der Waals surface area contributed by atoms with Crippen LogP contribution in [0.1, 0.15) is 23.2 Å². The molecule has 9 heteroatoms. The van der Waals surface area contributed by atoms with E-state index in [1.54, 1.807) is 23.1 Å². The molecular weight excluding hydrogens is 421 g/mol. The highest BCUT2D eigenvalue weighted by Crippen LogP contribution is 2.28. The lowest BCUT2D eigenvalue weighted by Crippen LogP contribution is -2.48. The van der Waals surface area contributed by atoms with Crippen molar-refractivity contribution in [2.24, 2.45) is 0 Å². The Morgan fingerprint density at radius 3 is 2.19 bits per heavy atom. The molecule has 0 spiro atoms. The van der Waals surface area contributed by atoms with Gasteiger partial charge < -0.3 is 14.5 Å². The number of hydrogen-bond acceptors (Lipinski definition) is 5. The minimum absolute atomic E-state index is 0.114. The molecule has 1 amide bonds. The van der Waals surface area contributed by atoms with Crippen LogP contribution in [0.15, 0.2) is 47.4 Å². The summed E-state index contributed by atoms with van der Waals surface area (Å²) in [5, 5.41) is 0. The van der Waals surface area contributed by atoms with Crippen LogP contribution < -0.4 is 9.64 Å². The van der Waals surface area contributed by atoms with E-state index >= 15 is 0 Å². The van der Waals surface area contributed by atoms with Gasteiger partial charge in [-0.25, -0.2) is 12.8 Å². The molecule has 0 unspecified atom stereocenters. The van der Waals surface area contributed by atoms with Gasteiger partial charge in [0.1, 0.15) is 11.6 Å². The summed E-state index contributed by atoms with van der Waals surface area (Å²) in [5.74, 6) is -0.186. The summed E-state index contributed by atoms with van der Waals surface area (Å²) in [7, 11) is -2.17. The molecule has 0 bridgehead atoms. The van der Waals surface area contributed by atoms with Crippen LogP contribution in [0.25, 0.3) is 0 Å². The fourth-order valence-electron chi connectivity index (χ4n) is 4.08. The SMILES string of the molecule is COc1ccc(S(=O)(=O)N2CCCC2)cc1C(=O)N1CCN(c2ccc(F)cc2)CC1. The van der Waals surface area contributed by atoms with Crippen LogP contribution in [0.2, 0.25) is 0 Å². The van der Waals surface area contributed by atoms with E-state index in [2.05, 4.69) is 4.90 Å². The first-order valence-corrected chi connectivity index (χ1v) is 11.8. The molecule has 2 aliphatic rings. The molecule has 2 aromatic carbocycles. The predicted octanol–water partition coefficient (Wildman–Crippen LogP) is 2.58. The highest BCUT2D eigenvalue weighted by Gasteiger charge is 2.30. The fourth-order valence-corrected chi connectivity index (χ4v) is 5.63. The normalized spacial score (nSPS) is 17.7. The fraction of sp³-hybridized carbons (Fsp3) is 0.409. The van der Waals surface area contributed by atoms with Gasteiger partial charge in [-0.15, -0.1) is 0 Å². The first kappa shape index (κ1) is 21.6. The summed E-state index contributed by atoms with van der Waals surface area (Å²) in [4.78, 5) is 17.1. The van der Waals surface area contributed by atoms with Crippen molar-refractivity contribution in [1.29, 1.82) is 0 Å². The van der Waals surface area contributed by atoms with Crippen LogP contribution in [-0.4, -0.2) is 69.9 Å². The summed E-state index contributed by atoms with van der Waals surface area (Å²) < 4.78 is 45.9. The maximum atomic E-state index is 13.2. The molecule has 0 saturated carbocycles. The van der Waals surface area contributed by atoms with E-state index in [-0.39, 0.29) is 22.2 Å². The van der Waals surface area contributed by atoms with Crippen LogP contribution in [0, 0.1) is 5.82 Å². The summed E-state index contributed by atoms with van der Waals surface area (Å²) in [5.41, 5.74) is 1.16. The first-order valence-electron chi connectivity index (χ1n) is 10.4. The molecule has 0 radical (unpaired) electrons. The summed E-state index contributed by atoms with van der Waals surface area (Å²) in [6, 6.07) is 10.8. The minimum atomic E-state index is -3.63. The number of piperazine rings is 1. The number of amides is 1. The van der Waals surface area contributed by atoms with Crippen molar-refractivity contribution in [2.45, 2.75) is 17.7 Å². The Hall–Kier alpha value is -2.65. The average molecular weight is 448 g/mol. The summed E-state index contributed by atoms with van der Waals surface area (Å²) >= 11 is 0. The molecular formula is C22H26FN3O4S. The van der Waals surface area contributed by atoms with Gasteiger partial charge >= 0.3 is 0 Å². The van der Waals surface area contributed by atoms with Crippen molar-refractivity contribution < 1.29 is 22.3 Å². The van der Waals surface area contributed by atoms with Gasteiger partial charge in [0.05, 0.1) is 17.6 Å². The summed E-state index contributed by atoms with van der Waals surface area (Å²) in [6.45, 7) is 3.16. The standard InChI is InChI=1S/C22H26FN3O4S/c1-30-21-9-8-19(31(28,29)26-10-2-3-11-26)16-20(21)22(27)25-14-12-24(13-15-25)18-6-4-17(23)5-7-18/h4-9,16H,2-3,10-15H2,1H3. The van der Waals surface area contributed by atoms with Gasteiger partial charge in [-0.1, -0.05) is 0 Å². The van der Waals surface area contributed by atoms with Gasteiger partial charge in [-0.3, -0.25) is 4.79 Å². The van der Waals surface area contributed by atoms with E-state index < -0.39 is 10.0 Å². The molecule has 31 heavy (non-hydrogen) atoms. The largest absolute Gasteiger partial charge is 0.496 e. The number of carbonyl (C=O) groups excluding carboxylic acids is 1. The van der Waals surface area contributed by atoms with Crippen molar-refractivity contribution in [3.8, 4) is 5.75 Å². The van der Waals surface area contributed by atoms with E-state index in [1.165, 1.54) is 35.7 Å². The molecule has 2 aliphatic heterocycles. The number of benzene rings is 2. The Bertz CT molecular complexity index is 1040. The topological polar surface area (TPSA) is 70.2 Å². The lowest BCUT2D eigenvalue weighted by atomic mass is 10.1. The number of carbonyl (C=O) groups is 1. The molecule has 4 rings (SSSR count). The van der Waals surface area contributed by atoms with Crippen molar-refractivity contribution in [3.63, 3.8) is 0 Å². The Morgan fingerprint density at radius 1 is 0.935 bits per heavy atom. The Morgan fingerprint density at radius 2 is 1.58 bits per heavy atom.